The Morgan fingerprint density at radius 3 is 2.62 bits per heavy atom. The van der Waals surface area contributed by atoms with Crippen LogP contribution in [0.3, 0.4) is 0 Å². The molecule has 0 saturated carbocycles. The van der Waals surface area contributed by atoms with Crippen LogP contribution in [0.25, 0.3) is 0 Å². The Morgan fingerprint density at radius 2 is 2.10 bits per heavy atom. The number of hydrogen-bond donors (Lipinski definition) is 0. The summed E-state index contributed by atoms with van der Waals surface area (Å²) in [4.78, 5) is 27.2. The Hall–Kier alpha value is -1.69. The van der Waals surface area contributed by atoms with Gasteiger partial charge in [0, 0.05) is 13.1 Å². The molecule has 1 aliphatic rings. The van der Waals surface area contributed by atoms with E-state index in [1.807, 2.05) is 31.2 Å². The van der Waals surface area contributed by atoms with Crippen molar-refractivity contribution in [2.24, 2.45) is 0 Å². The van der Waals surface area contributed by atoms with Gasteiger partial charge in [-0.2, -0.15) is 0 Å². The molecule has 1 heterocycles. The van der Waals surface area contributed by atoms with Crippen molar-refractivity contribution in [2.45, 2.75) is 13.5 Å². The predicted molar refractivity (Wildman–Crippen MR) is 83.1 cm³/mol. The Kier molecular flexibility index (Phi) is 5.50. The van der Waals surface area contributed by atoms with Gasteiger partial charge in [0.05, 0.1) is 18.7 Å². The Morgan fingerprint density at radius 1 is 1.38 bits per heavy atom. The molecule has 21 heavy (non-hydrogen) atoms. The molecule has 0 aliphatic carbocycles. The molecule has 5 nitrogen and oxygen atoms in total. The summed E-state index contributed by atoms with van der Waals surface area (Å²) in [5.41, 5.74) is 1.05. The molecule has 0 aromatic heterocycles. The van der Waals surface area contributed by atoms with E-state index >= 15 is 0 Å². The van der Waals surface area contributed by atoms with Gasteiger partial charge < -0.3 is 14.5 Å². The normalized spacial score (nSPS) is 14.4. The zero-order chi connectivity index (χ0) is 15.2. The van der Waals surface area contributed by atoms with Gasteiger partial charge >= 0.3 is 0 Å². The Bertz CT molecular complexity index is 504. The first-order chi connectivity index (χ1) is 10.1. The number of rotatable bonds is 6. The third-order valence-electron chi connectivity index (χ3n) is 3.42. The van der Waals surface area contributed by atoms with E-state index in [4.69, 9.17) is 4.74 Å². The van der Waals surface area contributed by atoms with Gasteiger partial charge in [-0.3, -0.25) is 9.59 Å². The number of amides is 2. The number of carbonyl (C=O) groups excluding carboxylic acids is 2. The smallest absolute Gasteiger partial charge is 0.242 e. The molecule has 0 N–H and O–H groups in total. The molecule has 0 atom stereocenters. The first-order valence-corrected chi connectivity index (χ1v) is 8.05. The van der Waals surface area contributed by atoms with Gasteiger partial charge in [0.1, 0.15) is 12.3 Å². The minimum Gasteiger partial charge on any atom is -0.497 e. The summed E-state index contributed by atoms with van der Waals surface area (Å²) in [7, 11) is 1.63. The molecule has 114 valence electrons. The lowest BCUT2D eigenvalue weighted by atomic mass is 10.2. The van der Waals surface area contributed by atoms with Crippen molar-refractivity contribution in [3.8, 4) is 5.75 Å². The van der Waals surface area contributed by atoms with Crippen LogP contribution in [0.4, 0.5) is 0 Å². The van der Waals surface area contributed by atoms with E-state index in [0.717, 1.165) is 11.3 Å². The van der Waals surface area contributed by atoms with E-state index in [1.165, 1.54) is 0 Å². The molecule has 1 aromatic carbocycles. The van der Waals surface area contributed by atoms with E-state index in [2.05, 4.69) is 0 Å². The summed E-state index contributed by atoms with van der Waals surface area (Å²) in [6.07, 6.45) is 0. The zero-order valence-corrected chi connectivity index (χ0v) is 13.2. The van der Waals surface area contributed by atoms with Crippen LogP contribution in [0.15, 0.2) is 24.3 Å². The highest BCUT2D eigenvalue weighted by Gasteiger charge is 2.24. The van der Waals surface area contributed by atoms with Crippen molar-refractivity contribution in [1.82, 2.24) is 9.80 Å². The highest BCUT2D eigenvalue weighted by Crippen LogP contribution is 2.16. The lowest BCUT2D eigenvalue weighted by Crippen LogP contribution is -2.40. The minimum atomic E-state index is -0.0100. The van der Waals surface area contributed by atoms with Crippen LogP contribution in [-0.4, -0.2) is 53.4 Å². The lowest BCUT2D eigenvalue weighted by Gasteiger charge is -2.24. The van der Waals surface area contributed by atoms with Gasteiger partial charge in [0.25, 0.3) is 0 Å². The molecule has 1 aromatic rings. The van der Waals surface area contributed by atoms with Crippen LogP contribution in [0.2, 0.25) is 0 Å². The molecular formula is C15H20N2O3S. The number of benzene rings is 1. The largest absolute Gasteiger partial charge is 0.497 e. The first kappa shape index (κ1) is 15.7. The summed E-state index contributed by atoms with van der Waals surface area (Å²) in [6.45, 7) is 3.30. The van der Waals surface area contributed by atoms with Crippen LogP contribution in [0.5, 0.6) is 5.75 Å². The Balaban J connectivity index is 1.94. The van der Waals surface area contributed by atoms with Gasteiger partial charge in [-0.05, 0) is 24.6 Å². The molecule has 6 heteroatoms. The summed E-state index contributed by atoms with van der Waals surface area (Å²) in [5, 5.41) is 0. The van der Waals surface area contributed by atoms with Gasteiger partial charge in [-0.15, -0.1) is 11.8 Å². The molecule has 0 spiro atoms. The fourth-order valence-electron chi connectivity index (χ4n) is 2.13. The average molecular weight is 308 g/mol. The monoisotopic (exact) mass is 308 g/mol. The molecule has 2 rings (SSSR count). The Labute approximate surface area is 129 Å². The first-order valence-electron chi connectivity index (χ1n) is 6.90. The van der Waals surface area contributed by atoms with Gasteiger partial charge in [-0.25, -0.2) is 0 Å². The van der Waals surface area contributed by atoms with Gasteiger partial charge in [-0.1, -0.05) is 12.1 Å². The van der Waals surface area contributed by atoms with E-state index in [1.54, 1.807) is 28.7 Å². The standard InChI is InChI=1S/C15H20N2O3S/c1-3-16(8-12-4-6-13(20-2)7-5-12)14(18)9-17-11-21-10-15(17)19/h4-7H,3,8-11H2,1-2H3. The van der Waals surface area contributed by atoms with Crippen LogP contribution in [0.1, 0.15) is 12.5 Å². The highest BCUT2D eigenvalue weighted by molar-refractivity contribution is 8.00. The molecular weight excluding hydrogens is 288 g/mol. The number of hydrogen-bond acceptors (Lipinski definition) is 4. The zero-order valence-electron chi connectivity index (χ0n) is 12.4. The molecule has 0 bridgehead atoms. The fourth-order valence-corrected chi connectivity index (χ4v) is 3.04. The van der Waals surface area contributed by atoms with Crippen molar-refractivity contribution in [2.75, 3.05) is 31.8 Å². The summed E-state index contributed by atoms with van der Waals surface area (Å²) in [5.74, 6) is 1.94. The number of carbonyl (C=O) groups is 2. The van der Waals surface area contributed by atoms with Crippen LogP contribution in [-0.2, 0) is 16.1 Å². The third kappa shape index (κ3) is 4.14. The molecule has 0 unspecified atom stereocenters. The van der Waals surface area contributed by atoms with Crippen molar-refractivity contribution in [1.29, 1.82) is 0 Å². The molecule has 1 saturated heterocycles. The number of ether oxygens (including phenoxy) is 1. The molecule has 1 fully saturated rings. The highest BCUT2D eigenvalue weighted by atomic mass is 32.2. The lowest BCUT2D eigenvalue weighted by molar-refractivity contribution is -0.138. The van der Waals surface area contributed by atoms with Crippen molar-refractivity contribution < 1.29 is 14.3 Å². The average Bonchev–Trinajstić information content (AvgIpc) is 2.90. The quantitative estimate of drug-likeness (QED) is 0.800. The number of thioether (sulfide) groups is 1. The van der Waals surface area contributed by atoms with Crippen molar-refractivity contribution in [3.05, 3.63) is 29.8 Å². The van der Waals surface area contributed by atoms with Crippen molar-refractivity contribution in [3.63, 3.8) is 0 Å². The second-order valence-electron chi connectivity index (χ2n) is 4.83. The maximum atomic E-state index is 12.3. The number of nitrogens with zero attached hydrogens (tertiary/aromatic N) is 2. The summed E-state index contributed by atoms with van der Waals surface area (Å²) < 4.78 is 5.12. The van der Waals surface area contributed by atoms with E-state index in [0.29, 0.717) is 24.7 Å². The van der Waals surface area contributed by atoms with E-state index in [9.17, 15) is 9.59 Å². The summed E-state index contributed by atoms with van der Waals surface area (Å²) >= 11 is 1.55. The second kappa shape index (κ2) is 7.36. The van der Waals surface area contributed by atoms with Crippen molar-refractivity contribution >= 4 is 23.6 Å². The van der Waals surface area contributed by atoms with Crippen LogP contribution < -0.4 is 4.74 Å². The molecule has 2 amide bonds. The predicted octanol–water partition coefficient (Wildman–Crippen LogP) is 1.58. The van der Waals surface area contributed by atoms with Gasteiger partial charge in [0.15, 0.2) is 0 Å². The fraction of sp³-hybridized carbons (Fsp3) is 0.467. The number of likely N-dealkylation sites (N-methyl/N-ethyl adjacent to an activating group) is 1. The van der Waals surface area contributed by atoms with Crippen LogP contribution in [0, 0.1) is 0 Å². The maximum Gasteiger partial charge on any atom is 0.242 e. The topological polar surface area (TPSA) is 49.9 Å². The van der Waals surface area contributed by atoms with E-state index < -0.39 is 0 Å². The molecule has 0 radical (unpaired) electrons. The number of methoxy groups -OCH3 is 1. The maximum absolute atomic E-state index is 12.3. The SMILES string of the molecule is CCN(Cc1ccc(OC)cc1)C(=O)CN1CSCC1=O. The van der Waals surface area contributed by atoms with E-state index in [-0.39, 0.29) is 18.4 Å². The summed E-state index contributed by atoms with van der Waals surface area (Å²) in [6, 6.07) is 7.67. The third-order valence-corrected chi connectivity index (χ3v) is 4.36. The second-order valence-corrected chi connectivity index (χ2v) is 5.78. The van der Waals surface area contributed by atoms with Gasteiger partial charge in [0.2, 0.25) is 11.8 Å². The molecule has 1 aliphatic heterocycles. The van der Waals surface area contributed by atoms with Crippen LogP contribution >= 0.6 is 11.8 Å². The minimum absolute atomic E-state index is 0.0100.